The molecule has 0 fully saturated rings. The highest BCUT2D eigenvalue weighted by Gasteiger charge is 2.14. The third-order valence-electron chi connectivity index (χ3n) is 3.98. The summed E-state index contributed by atoms with van der Waals surface area (Å²) < 4.78 is 1.78. The van der Waals surface area contributed by atoms with Gasteiger partial charge in [-0.15, -0.1) is 0 Å². The van der Waals surface area contributed by atoms with Gasteiger partial charge >= 0.3 is 0 Å². The predicted molar refractivity (Wildman–Crippen MR) is 97.1 cm³/mol. The predicted octanol–water partition coefficient (Wildman–Crippen LogP) is 2.65. The third kappa shape index (κ3) is 5.17. The highest BCUT2D eigenvalue weighted by atomic mass is 16.2. The molecular weight excluding hydrogens is 316 g/mol. The molecule has 0 spiro atoms. The molecule has 0 atom stereocenters. The minimum Gasteiger partial charge on any atom is -0.273 e. The summed E-state index contributed by atoms with van der Waals surface area (Å²) in [6.45, 7) is 10.7. The van der Waals surface area contributed by atoms with Gasteiger partial charge in [0.2, 0.25) is 5.91 Å². The molecule has 134 valence electrons. The molecule has 0 saturated heterocycles. The average Bonchev–Trinajstić information content (AvgIpc) is 2.87. The monoisotopic (exact) mass is 342 g/mol. The largest absolute Gasteiger partial charge is 0.273 e. The van der Waals surface area contributed by atoms with Crippen molar-refractivity contribution in [2.24, 2.45) is 0 Å². The summed E-state index contributed by atoms with van der Waals surface area (Å²) >= 11 is 0. The molecule has 1 aromatic carbocycles. The van der Waals surface area contributed by atoms with E-state index in [1.807, 2.05) is 32.0 Å². The zero-order valence-corrected chi connectivity index (χ0v) is 15.5. The molecule has 0 unspecified atom stereocenters. The molecule has 6 heteroatoms. The lowest BCUT2D eigenvalue weighted by Gasteiger charge is -2.19. The number of benzene rings is 1. The second-order valence-corrected chi connectivity index (χ2v) is 7.23. The van der Waals surface area contributed by atoms with Gasteiger partial charge in [-0.3, -0.25) is 25.1 Å². The number of rotatable bonds is 4. The molecule has 0 bridgehead atoms. The van der Waals surface area contributed by atoms with Crippen LogP contribution in [0.5, 0.6) is 0 Å². The van der Waals surface area contributed by atoms with Crippen LogP contribution in [0.3, 0.4) is 0 Å². The van der Waals surface area contributed by atoms with Gasteiger partial charge in [-0.05, 0) is 43.0 Å². The number of aryl methyl sites for hydroxylation is 3. The molecule has 0 saturated carbocycles. The fourth-order valence-electron chi connectivity index (χ4n) is 2.49. The topological polar surface area (TPSA) is 76.0 Å². The number of aromatic nitrogens is 2. The van der Waals surface area contributed by atoms with Crippen LogP contribution in [0.25, 0.3) is 0 Å². The van der Waals surface area contributed by atoms with Crippen molar-refractivity contribution in [3.8, 4) is 0 Å². The third-order valence-corrected chi connectivity index (χ3v) is 3.98. The van der Waals surface area contributed by atoms with Gasteiger partial charge in [0.25, 0.3) is 5.91 Å². The second kappa shape index (κ2) is 7.51. The first-order valence-electron chi connectivity index (χ1n) is 8.37. The Morgan fingerprint density at radius 1 is 1.08 bits per heavy atom. The van der Waals surface area contributed by atoms with Gasteiger partial charge in [-0.2, -0.15) is 5.10 Å². The number of hydrogen-bond donors (Lipinski definition) is 2. The highest BCUT2D eigenvalue weighted by molar-refractivity contribution is 5.95. The molecule has 0 radical (unpaired) electrons. The Bertz CT molecular complexity index is 755. The first-order chi connectivity index (χ1) is 11.7. The molecule has 0 aliphatic carbocycles. The highest BCUT2D eigenvalue weighted by Crippen LogP contribution is 2.22. The Hall–Kier alpha value is -2.63. The molecule has 0 aliphatic rings. The number of carbonyl (C=O) groups is 2. The van der Waals surface area contributed by atoms with E-state index in [1.54, 1.807) is 16.8 Å². The van der Waals surface area contributed by atoms with E-state index in [-0.39, 0.29) is 23.7 Å². The van der Waals surface area contributed by atoms with Crippen molar-refractivity contribution in [2.45, 2.75) is 53.0 Å². The number of amides is 2. The Labute approximate surface area is 148 Å². The van der Waals surface area contributed by atoms with Crippen LogP contribution in [0.4, 0.5) is 0 Å². The Morgan fingerprint density at radius 3 is 2.24 bits per heavy atom. The fraction of sp³-hybridized carbons (Fsp3) is 0.421. The summed E-state index contributed by atoms with van der Waals surface area (Å²) in [6, 6.07) is 9.34. The van der Waals surface area contributed by atoms with Crippen LogP contribution >= 0.6 is 0 Å². The van der Waals surface area contributed by atoms with Gasteiger partial charge in [-0.25, -0.2) is 0 Å². The van der Waals surface area contributed by atoms with E-state index in [4.69, 9.17) is 0 Å². The number of carbonyl (C=O) groups excluding carboxylic acids is 2. The van der Waals surface area contributed by atoms with E-state index in [0.29, 0.717) is 12.1 Å². The van der Waals surface area contributed by atoms with Crippen LogP contribution in [0.2, 0.25) is 0 Å². The lowest BCUT2D eigenvalue weighted by molar-refractivity contribution is -0.122. The first kappa shape index (κ1) is 18.7. The minimum atomic E-state index is -0.333. The van der Waals surface area contributed by atoms with Gasteiger partial charge in [0, 0.05) is 17.7 Å². The SMILES string of the molecule is Cc1cc(C)n(CCC(=O)NNC(=O)c2ccc(C(C)(C)C)cc2)n1. The van der Waals surface area contributed by atoms with E-state index in [2.05, 4.69) is 36.7 Å². The van der Waals surface area contributed by atoms with Crippen molar-refractivity contribution in [3.05, 3.63) is 52.8 Å². The van der Waals surface area contributed by atoms with Crippen molar-refractivity contribution in [3.63, 3.8) is 0 Å². The van der Waals surface area contributed by atoms with Crippen LogP contribution in [0.15, 0.2) is 30.3 Å². The lowest BCUT2D eigenvalue weighted by atomic mass is 9.87. The molecule has 1 heterocycles. The van der Waals surface area contributed by atoms with Gasteiger partial charge in [0.1, 0.15) is 0 Å². The molecular formula is C19H26N4O2. The quantitative estimate of drug-likeness (QED) is 0.839. The number of hydrazine groups is 1. The van der Waals surface area contributed by atoms with Gasteiger partial charge in [-0.1, -0.05) is 32.9 Å². The maximum atomic E-state index is 12.1. The zero-order valence-electron chi connectivity index (χ0n) is 15.5. The van der Waals surface area contributed by atoms with Crippen LogP contribution < -0.4 is 10.9 Å². The number of hydrogen-bond acceptors (Lipinski definition) is 3. The summed E-state index contributed by atoms with van der Waals surface area (Å²) in [7, 11) is 0. The second-order valence-electron chi connectivity index (χ2n) is 7.23. The standard InChI is InChI=1S/C19H26N4O2/c1-13-12-14(2)23(22-13)11-10-17(24)20-21-18(25)15-6-8-16(9-7-15)19(3,4)5/h6-9,12H,10-11H2,1-5H3,(H,20,24)(H,21,25). The summed E-state index contributed by atoms with van der Waals surface area (Å²) in [5.74, 6) is -0.591. The summed E-state index contributed by atoms with van der Waals surface area (Å²) in [5.41, 5.74) is 8.51. The van der Waals surface area contributed by atoms with Crippen LogP contribution in [0.1, 0.15) is 54.5 Å². The van der Waals surface area contributed by atoms with Crippen LogP contribution in [-0.2, 0) is 16.8 Å². The Morgan fingerprint density at radius 2 is 1.72 bits per heavy atom. The summed E-state index contributed by atoms with van der Waals surface area (Å²) in [6.07, 6.45) is 0.241. The summed E-state index contributed by atoms with van der Waals surface area (Å²) in [5, 5.41) is 4.30. The molecule has 2 aromatic rings. The smallest absolute Gasteiger partial charge is 0.269 e. The van der Waals surface area contributed by atoms with E-state index in [1.165, 1.54) is 0 Å². The van der Waals surface area contributed by atoms with Crippen molar-refractivity contribution < 1.29 is 9.59 Å². The van der Waals surface area contributed by atoms with Gasteiger partial charge in [0.05, 0.1) is 12.2 Å². The Balaban J connectivity index is 1.83. The average molecular weight is 342 g/mol. The maximum Gasteiger partial charge on any atom is 0.269 e. The van der Waals surface area contributed by atoms with Crippen molar-refractivity contribution in [2.75, 3.05) is 0 Å². The number of nitrogens with one attached hydrogen (secondary N) is 2. The van der Waals surface area contributed by atoms with E-state index in [0.717, 1.165) is 17.0 Å². The minimum absolute atomic E-state index is 0.0339. The number of nitrogens with zero attached hydrogens (tertiary/aromatic N) is 2. The summed E-state index contributed by atoms with van der Waals surface area (Å²) in [4.78, 5) is 24.0. The van der Waals surface area contributed by atoms with Crippen molar-refractivity contribution in [1.29, 1.82) is 0 Å². The maximum absolute atomic E-state index is 12.1. The van der Waals surface area contributed by atoms with Crippen LogP contribution in [0, 0.1) is 13.8 Å². The van der Waals surface area contributed by atoms with Crippen LogP contribution in [-0.4, -0.2) is 21.6 Å². The first-order valence-corrected chi connectivity index (χ1v) is 8.37. The van der Waals surface area contributed by atoms with E-state index >= 15 is 0 Å². The Kier molecular flexibility index (Phi) is 5.62. The van der Waals surface area contributed by atoms with E-state index < -0.39 is 0 Å². The normalized spacial score (nSPS) is 11.2. The molecule has 2 rings (SSSR count). The van der Waals surface area contributed by atoms with Gasteiger partial charge < -0.3 is 0 Å². The zero-order chi connectivity index (χ0) is 18.6. The van der Waals surface area contributed by atoms with Crippen molar-refractivity contribution >= 4 is 11.8 Å². The molecule has 6 nitrogen and oxygen atoms in total. The fourth-order valence-corrected chi connectivity index (χ4v) is 2.49. The lowest BCUT2D eigenvalue weighted by Crippen LogP contribution is -2.42. The molecule has 2 N–H and O–H groups in total. The molecule has 25 heavy (non-hydrogen) atoms. The van der Waals surface area contributed by atoms with E-state index in [9.17, 15) is 9.59 Å². The van der Waals surface area contributed by atoms with Gasteiger partial charge in [0.15, 0.2) is 0 Å². The van der Waals surface area contributed by atoms with Crippen molar-refractivity contribution in [1.82, 2.24) is 20.6 Å². The molecule has 1 aromatic heterocycles. The molecule has 0 aliphatic heterocycles. The molecule has 2 amide bonds.